The third-order valence-electron chi connectivity index (χ3n) is 2.71. The van der Waals surface area contributed by atoms with Gasteiger partial charge >= 0.3 is 5.97 Å². The van der Waals surface area contributed by atoms with E-state index in [0.29, 0.717) is 10.6 Å². The fraction of sp³-hybridized carbons (Fsp3) is 0.0714. The van der Waals surface area contributed by atoms with Gasteiger partial charge in [0, 0.05) is 27.3 Å². The number of benzene rings is 2. The third kappa shape index (κ3) is 4.05. The summed E-state index contributed by atoms with van der Waals surface area (Å²) in [6.45, 7) is 0. The Kier molecular flexibility index (Phi) is 4.98. The minimum Gasteiger partial charge on any atom is -0.478 e. The van der Waals surface area contributed by atoms with Gasteiger partial charge in [-0.05, 0) is 23.8 Å². The molecule has 7 heteroatoms. The lowest BCUT2D eigenvalue weighted by Gasteiger charge is -2.06. The Hall–Kier alpha value is -1.86. The predicted molar refractivity (Wildman–Crippen MR) is 83.8 cm³/mol. The van der Waals surface area contributed by atoms with Crippen LogP contribution in [0.3, 0.4) is 0 Å². The maximum absolute atomic E-state index is 11.2. The molecule has 1 N–H and O–H groups in total. The standard InChI is InChI=1S/C14H10BrNO4S/c15-10-3-1-9(2-4-10)8-21-13-6-5-11(16(19)20)7-12(13)14(17)18/h1-7H,8H2,(H,17,18). The number of halogens is 1. The lowest BCUT2D eigenvalue weighted by Crippen LogP contribution is -2.00. The molecule has 0 radical (unpaired) electrons. The molecule has 0 aliphatic heterocycles. The second kappa shape index (κ2) is 6.73. The van der Waals surface area contributed by atoms with Crippen molar-refractivity contribution in [1.82, 2.24) is 0 Å². The highest BCUT2D eigenvalue weighted by molar-refractivity contribution is 9.10. The molecule has 0 aromatic heterocycles. The number of non-ortho nitro benzene ring substituents is 1. The van der Waals surface area contributed by atoms with E-state index in [-0.39, 0.29) is 11.3 Å². The summed E-state index contributed by atoms with van der Waals surface area (Å²) in [6, 6.07) is 11.6. The Morgan fingerprint density at radius 2 is 1.90 bits per heavy atom. The molecule has 0 fully saturated rings. The summed E-state index contributed by atoms with van der Waals surface area (Å²) in [4.78, 5) is 21.8. The van der Waals surface area contributed by atoms with Gasteiger partial charge in [0.05, 0.1) is 10.5 Å². The summed E-state index contributed by atoms with van der Waals surface area (Å²) >= 11 is 4.68. The molecule has 0 spiro atoms. The molecule has 0 aliphatic carbocycles. The van der Waals surface area contributed by atoms with Crippen LogP contribution in [0.5, 0.6) is 0 Å². The number of thioether (sulfide) groups is 1. The number of hydrogen-bond acceptors (Lipinski definition) is 4. The van der Waals surface area contributed by atoms with Crippen molar-refractivity contribution < 1.29 is 14.8 Å². The maximum atomic E-state index is 11.2. The van der Waals surface area contributed by atoms with Gasteiger partial charge in [-0.1, -0.05) is 28.1 Å². The third-order valence-corrected chi connectivity index (χ3v) is 4.39. The van der Waals surface area contributed by atoms with Crippen LogP contribution < -0.4 is 0 Å². The van der Waals surface area contributed by atoms with Crippen molar-refractivity contribution >= 4 is 39.3 Å². The number of rotatable bonds is 5. The van der Waals surface area contributed by atoms with Crippen LogP contribution in [0.1, 0.15) is 15.9 Å². The smallest absolute Gasteiger partial charge is 0.337 e. The van der Waals surface area contributed by atoms with Crippen LogP contribution in [0, 0.1) is 10.1 Å². The van der Waals surface area contributed by atoms with Gasteiger partial charge in [0.2, 0.25) is 0 Å². The van der Waals surface area contributed by atoms with Crippen LogP contribution in [-0.4, -0.2) is 16.0 Å². The van der Waals surface area contributed by atoms with E-state index in [1.54, 1.807) is 0 Å². The number of carboxylic acids is 1. The van der Waals surface area contributed by atoms with Crippen LogP contribution in [0.15, 0.2) is 51.8 Å². The van der Waals surface area contributed by atoms with Crippen molar-refractivity contribution in [2.24, 2.45) is 0 Å². The molecule has 108 valence electrons. The van der Waals surface area contributed by atoms with Crippen molar-refractivity contribution in [3.63, 3.8) is 0 Å². The number of carboxylic acid groups (broad SMARTS) is 1. The number of hydrogen-bond donors (Lipinski definition) is 1. The molecule has 5 nitrogen and oxygen atoms in total. The zero-order valence-electron chi connectivity index (χ0n) is 10.7. The zero-order chi connectivity index (χ0) is 15.4. The maximum Gasteiger partial charge on any atom is 0.337 e. The highest BCUT2D eigenvalue weighted by Gasteiger charge is 2.16. The Morgan fingerprint density at radius 1 is 1.24 bits per heavy atom. The van der Waals surface area contributed by atoms with E-state index in [4.69, 9.17) is 5.11 Å². The fourth-order valence-electron chi connectivity index (χ4n) is 1.67. The van der Waals surface area contributed by atoms with Crippen molar-refractivity contribution in [2.75, 3.05) is 0 Å². The van der Waals surface area contributed by atoms with Gasteiger partial charge in [-0.15, -0.1) is 11.8 Å². The predicted octanol–water partition coefficient (Wildman–Crippen LogP) is 4.35. The monoisotopic (exact) mass is 367 g/mol. The lowest BCUT2D eigenvalue weighted by atomic mass is 10.2. The van der Waals surface area contributed by atoms with E-state index in [2.05, 4.69) is 15.9 Å². The molecule has 0 atom stereocenters. The van der Waals surface area contributed by atoms with Gasteiger partial charge < -0.3 is 5.11 Å². The molecule has 0 aliphatic rings. The Labute approximate surface area is 133 Å². The van der Waals surface area contributed by atoms with Crippen LogP contribution in [0.25, 0.3) is 0 Å². The van der Waals surface area contributed by atoms with Gasteiger partial charge in [-0.3, -0.25) is 10.1 Å². The molecule has 0 saturated carbocycles. The number of nitro benzene ring substituents is 1. The minimum absolute atomic E-state index is 0.0497. The van der Waals surface area contributed by atoms with Crippen LogP contribution in [-0.2, 0) is 5.75 Å². The van der Waals surface area contributed by atoms with E-state index in [0.717, 1.165) is 16.1 Å². The highest BCUT2D eigenvalue weighted by Crippen LogP contribution is 2.29. The first-order chi connectivity index (χ1) is 9.97. The van der Waals surface area contributed by atoms with Gasteiger partial charge in [-0.25, -0.2) is 4.79 Å². The van der Waals surface area contributed by atoms with Crippen LogP contribution in [0.2, 0.25) is 0 Å². The lowest BCUT2D eigenvalue weighted by molar-refractivity contribution is -0.384. The van der Waals surface area contributed by atoms with Crippen molar-refractivity contribution in [3.05, 3.63) is 68.2 Å². The van der Waals surface area contributed by atoms with E-state index in [1.807, 2.05) is 24.3 Å². The largest absolute Gasteiger partial charge is 0.478 e. The topological polar surface area (TPSA) is 80.4 Å². The summed E-state index contributed by atoms with van der Waals surface area (Å²) in [5.41, 5.74) is 0.768. The Balaban J connectivity index is 2.21. The first-order valence-electron chi connectivity index (χ1n) is 5.86. The number of aromatic carboxylic acids is 1. The summed E-state index contributed by atoms with van der Waals surface area (Å²) in [5.74, 6) is -0.581. The van der Waals surface area contributed by atoms with Crippen LogP contribution in [0.4, 0.5) is 5.69 Å². The van der Waals surface area contributed by atoms with Gasteiger partial charge in [0.25, 0.3) is 5.69 Å². The average molecular weight is 368 g/mol. The molecule has 21 heavy (non-hydrogen) atoms. The first kappa shape index (κ1) is 15.5. The summed E-state index contributed by atoms with van der Waals surface area (Å²) in [6.07, 6.45) is 0. The zero-order valence-corrected chi connectivity index (χ0v) is 13.1. The number of nitrogens with zero attached hydrogens (tertiary/aromatic N) is 1. The second-order valence-corrected chi connectivity index (χ2v) is 6.09. The first-order valence-corrected chi connectivity index (χ1v) is 7.64. The molecule has 0 bridgehead atoms. The van der Waals surface area contributed by atoms with E-state index >= 15 is 0 Å². The average Bonchev–Trinajstić information content (AvgIpc) is 2.46. The van der Waals surface area contributed by atoms with Crippen molar-refractivity contribution in [2.45, 2.75) is 10.6 Å². The van der Waals surface area contributed by atoms with E-state index in [9.17, 15) is 14.9 Å². The second-order valence-electron chi connectivity index (χ2n) is 4.16. The molecule has 0 saturated heterocycles. The molecule has 0 unspecified atom stereocenters. The molecular formula is C14H10BrNO4S. The molecule has 2 rings (SSSR count). The minimum atomic E-state index is -1.17. The molecule has 0 amide bonds. The summed E-state index contributed by atoms with van der Waals surface area (Å²) in [7, 11) is 0. The van der Waals surface area contributed by atoms with E-state index in [1.165, 1.54) is 23.9 Å². The Morgan fingerprint density at radius 3 is 2.48 bits per heavy atom. The van der Waals surface area contributed by atoms with Gasteiger partial charge in [-0.2, -0.15) is 0 Å². The normalized spacial score (nSPS) is 10.3. The molecule has 2 aromatic rings. The quantitative estimate of drug-likeness (QED) is 0.482. The van der Waals surface area contributed by atoms with Crippen LogP contribution >= 0.6 is 27.7 Å². The van der Waals surface area contributed by atoms with Gasteiger partial charge in [0.1, 0.15) is 0 Å². The molecular weight excluding hydrogens is 358 g/mol. The number of nitro groups is 1. The summed E-state index contributed by atoms with van der Waals surface area (Å²) in [5, 5.41) is 19.9. The Bertz CT molecular complexity index is 688. The summed E-state index contributed by atoms with van der Waals surface area (Å²) < 4.78 is 0.970. The van der Waals surface area contributed by atoms with E-state index < -0.39 is 10.9 Å². The van der Waals surface area contributed by atoms with Crippen molar-refractivity contribution in [1.29, 1.82) is 0 Å². The molecule has 2 aromatic carbocycles. The molecule has 0 heterocycles. The SMILES string of the molecule is O=C(O)c1cc([N+](=O)[O-])ccc1SCc1ccc(Br)cc1. The van der Waals surface area contributed by atoms with Crippen molar-refractivity contribution in [3.8, 4) is 0 Å². The highest BCUT2D eigenvalue weighted by atomic mass is 79.9. The fourth-order valence-corrected chi connectivity index (χ4v) is 2.91. The number of carbonyl (C=O) groups is 1. The van der Waals surface area contributed by atoms with Gasteiger partial charge in [0.15, 0.2) is 0 Å².